The molecule has 0 bridgehead atoms. The highest BCUT2D eigenvalue weighted by molar-refractivity contribution is 5.86. The molecular formula is C24H25N3O3. The van der Waals surface area contributed by atoms with Gasteiger partial charge in [-0.15, -0.1) is 0 Å². The van der Waals surface area contributed by atoms with Gasteiger partial charge in [-0.3, -0.25) is 5.32 Å². The van der Waals surface area contributed by atoms with Crippen LogP contribution in [0.5, 0.6) is 11.5 Å². The number of anilines is 3. The molecule has 0 unspecified atom stereocenters. The number of hydrogen-bond donors (Lipinski definition) is 1. The van der Waals surface area contributed by atoms with Crippen LogP contribution in [0.4, 0.5) is 21.9 Å². The molecule has 3 aromatic carbocycles. The van der Waals surface area contributed by atoms with Gasteiger partial charge >= 0.3 is 6.09 Å². The molecule has 0 atom stereocenters. The number of hydrogen-bond acceptors (Lipinski definition) is 5. The van der Waals surface area contributed by atoms with Crippen LogP contribution < -0.4 is 24.6 Å². The lowest BCUT2D eigenvalue weighted by Crippen LogP contribution is -2.46. The molecule has 0 spiro atoms. The van der Waals surface area contributed by atoms with E-state index in [0.717, 1.165) is 37.6 Å². The fourth-order valence-electron chi connectivity index (χ4n) is 3.52. The minimum Gasteiger partial charge on any atom is -0.497 e. The van der Waals surface area contributed by atoms with Gasteiger partial charge in [-0.05, 0) is 48.5 Å². The number of rotatable bonds is 5. The Hall–Kier alpha value is -3.67. The van der Waals surface area contributed by atoms with Gasteiger partial charge in [0.05, 0.1) is 7.11 Å². The Bertz CT molecular complexity index is 969. The maximum Gasteiger partial charge on any atom is 0.417 e. The Labute approximate surface area is 176 Å². The molecule has 0 aromatic heterocycles. The van der Waals surface area contributed by atoms with E-state index in [4.69, 9.17) is 9.47 Å². The lowest BCUT2D eigenvalue weighted by atomic mass is 10.2. The second kappa shape index (κ2) is 9.22. The molecule has 1 aliphatic rings. The minimum absolute atomic E-state index is 0.499. The Morgan fingerprint density at radius 3 is 2.07 bits per heavy atom. The smallest absolute Gasteiger partial charge is 0.417 e. The van der Waals surface area contributed by atoms with E-state index in [1.807, 2.05) is 54.6 Å². The Morgan fingerprint density at radius 2 is 1.40 bits per heavy atom. The van der Waals surface area contributed by atoms with Gasteiger partial charge in [0.2, 0.25) is 0 Å². The van der Waals surface area contributed by atoms with Crippen molar-refractivity contribution in [1.29, 1.82) is 0 Å². The van der Waals surface area contributed by atoms with Gasteiger partial charge in [-0.1, -0.05) is 24.3 Å². The zero-order valence-corrected chi connectivity index (χ0v) is 17.0. The van der Waals surface area contributed by atoms with Gasteiger partial charge in [0.1, 0.15) is 11.5 Å². The molecule has 1 fully saturated rings. The molecule has 30 heavy (non-hydrogen) atoms. The normalized spacial score (nSPS) is 13.6. The van der Waals surface area contributed by atoms with Gasteiger partial charge in [0.15, 0.2) is 0 Å². The Balaban J connectivity index is 1.31. The van der Waals surface area contributed by atoms with E-state index in [-0.39, 0.29) is 0 Å². The SMILES string of the molecule is COc1cccc(N2CCN(c3ccc(NC(=O)Oc4ccccc4)cc3)CC2)c1. The highest BCUT2D eigenvalue weighted by Gasteiger charge is 2.18. The van der Waals surface area contributed by atoms with Crippen molar-refractivity contribution in [2.45, 2.75) is 0 Å². The zero-order valence-electron chi connectivity index (χ0n) is 17.0. The highest BCUT2D eigenvalue weighted by atomic mass is 16.6. The standard InChI is InChI=1S/C24H25N3O3/c1-29-23-9-5-6-21(18-23)27-16-14-26(15-17-27)20-12-10-19(11-13-20)25-24(28)30-22-7-3-2-4-8-22/h2-13,18H,14-17H2,1H3,(H,25,28). The van der Waals surface area contributed by atoms with Crippen molar-refractivity contribution in [3.05, 3.63) is 78.9 Å². The van der Waals surface area contributed by atoms with Gasteiger partial charge in [0.25, 0.3) is 0 Å². The van der Waals surface area contributed by atoms with E-state index in [9.17, 15) is 4.79 Å². The number of nitrogens with one attached hydrogen (secondary N) is 1. The number of amides is 1. The van der Waals surface area contributed by atoms with Crippen LogP contribution in [0.15, 0.2) is 78.9 Å². The van der Waals surface area contributed by atoms with Crippen LogP contribution in [0.1, 0.15) is 0 Å². The van der Waals surface area contributed by atoms with E-state index in [1.54, 1.807) is 19.2 Å². The van der Waals surface area contributed by atoms with Crippen LogP contribution in [-0.2, 0) is 0 Å². The van der Waals surface area contributed by atoms with Gasteiger partial charge in [0, 0.05) is 49.3 Å². The molecule has 1 amide bonds. The average molecular weight is 403 g/mol. The first-order valence-electron chi connectivity index (χ1n) is 9.99. The van der Waals surface area contributed by atoms with Crippen LogP contribution >= 0.6 is 0 Å². The van der Waals surface area contributed by atoms with E-state index < -0.39 is 6.09 Å². The molecule has 0 saturated carbocycles. The zero-order chi connectivity index (χ0) is 20.8. The van der Waals surface area contributed by atoms with E-state index in [0.29, 0.717) is 11.4 Å². The first kappa shape index (κ1) is 19.6. The minimum atomic E-state index is -0.499. The molecule has 4 rings (SSSR count). The predicted molar refractivity (Wildman–Crippen MR) is 120 cm³/mol. The largest absolute Gasteiger partial charge is 0.497 e. The molecule has 0 radical (unpaired) electrons. The van der Waals surface area contributed by atoms with Gasteiger partial charge in [-0.2, -0.15) is 0 Å². The summed E-state index contributed by atoms with van der Waals surface area (Å²) in [5.41, 5.74) is 3.03. The van der Waals surface area contributed by atoms with Crippen molar-refractivity contribution in [2.75, 3.05) is 48.4 Å². The lowest BCUT2D eigenvalue weighted by molar-refractivity contribution is 0.215. The van der Waals surface area contributed by atoms with Crippen LogP contribution in [0.2, 0.25) is 0 Å². The molecule has 154 valence electrons. The number of carbonyl (C=O) groups excluding carboxylic acids is 1. The third kappa shape index (κ3) is 4.84. The summed E-state index contributed by atoms with van der Waals surface area (Å²) in [4.78, 5) is 16.7. The molecule has 1 aliphatic heterocycles. The van der Waals surface area contributed by atoms with Crippen molar-refractivity contribution in [3.8, 4) is 11.5 Å². The third-order valence-corrected chi connectivity index (χ3v) is 5.13. The lowest BCUT2D eigenvalue weighted by Gasteiger charge is -2.37. The molecule has 6 heteroatoms. The molecular weight excluding hydrogens is 378 g/mol. The Kier molecular flexibility index (Phi) is 6.03. The van der Waals surface area contributed by atoms with Crippen LogP contribution in [0.25, 0.3) is 0 Å². The van der Waals surface area contributed by atoms with E-state index in [2.05, 4.69) is 27.2 Å². The average Bonchev–Trinajstić information content (AvgIpc) is 2.80. The summed E-state index contributed by atoms with van der Waals surface area (Å²) in [6.07, 6.45) is -0.499. The number of piperazine rings is 1. The van der Waals surface area contributed by atoms with E-state index in [1.165, 1.54) is 5.69 Å². The Morgan fingerprint density at radius 1 is 0.767 bits per heavy atom. The third-order valence-electron chi connectivity index (χ3n) is 5.13. The fourth-order valence-corrected chi connectivity index (χ4v) is 3.52. The molecule has 1 N–H and O–H groups in total. The second-order valence-electron chi connectivity index (χ2n) is 7.05. The molecule has 6 nitrogen and oxygen atoms in total. The number of methoxy groups -OCH3 is 1. The summed E-state index contributed by atoms with van der Waals surface area (Å²) >= 11 is 0. The quantitative estimate of drug-likeness (QED) is 0.673. The molecule has 3 aromatic rings. The summed E-state index contributed by atoms with van der Waals surface area (Å²) in [6, 6.07) is 25.0. The summed E-state index contributed by atoms with van der Waals surface area (Å²) < 4.78 is 10.6. The highest BCUT2D eigenvalue weighted by Crippen LogP contribution is 2.25. The monoisotopic (exact) mass is 403 g/mol. The van der Waals surface area contributed by atoms with Crippen LogP contribution in [0.3, 0.4) is 0 Å². The van der Waals surface area contributed by atoms with Crippen LogP contribution in [-0.4, -0.2) is 39.4 Å². The first-order chi connectivity index (χ1) is 14.7. The predicted octanol–water partition coefficient (Wildman–Crippen LogP) is 4.63. The van der Waals surface area contributed by atoms with E-state index >= 15 is 0 Å². The number of carbonyl (C=O) groups is 1. The van der Waals surface area contributed by atoms with Gasteiger partial charge in [-0.25, -0.2) is 4.79 Å². The maximum atomic E-state index is 12.0. The fraction of sp³-hybridized carbons (Fsp3) is 0.208. The van der Waals surface area contributed by atoms with Crippen LogP contribution in [0, 0.1) is 0 Å². The summed E-state index contributed by atoms with van der Waals surface area (Å²) in [5, 5.41) is 2.76. The van der Waals surface area contributed by atoms with Crippen molar-refractivity contribution >= 4 is 23.2 Å². The van der Waals surface area contributed by atoms with Crippen molar-refractivity contribution in [3.63, 3.8) is 0 Å². The topological polar surface area (TPSA) is 54.0 Å². The van der Waals surface area contributed by atoms with Crippen molar-refractivity contribution < 1.29 is 14.3 Å². The first-order valence-corrected chi connectivity index (χ1v) is 9.99. The molecule has 1 saturated heterocycles. The van der Waals surface area contributed by atoms with Crippen molar-refractivity contribution in [1.82, 2.24) is 0 Å². The number of para-hydroxylation sites is 1. The number of ether oxygens (including phenoxy) is 2. The molecule has 1 heterocycles. The summed E-state index contributed by atoms with van der Waals surface area (Å²) in [6.45, 7) is 3.74. The number of nitrogens with zero attached hydrogens (tertiary/aromatic N) is 2. The summed E-state index contributed by atoms with van der Waals surface area (Å²) in [5.74, 6) is 1.39. The summed E-state index contributed by atoms with van der Waals surface area (Å²) in [7, 11) is 1.69. The maximum absolute atomic E-state index is 12.0. The van der Waals surface area contributed by atoms with Crippen molar-refractivity contribution in [2.24, 2.45) is 0 Å². The second-order valence-corrected chi connectivity index (χ2v) is 7.05. The van der Waals surface area contributed by atoms with Gasteiger partial charge < -0.3 is 19.3 Å². The number of benzene rings is 3. The molecule has 0 aliphatic carbocycles.